The maximum Gasteiger partial charge on any atom is 0.407 e. The number of nitrogens with zero attached hydrogens (tertiary/aromatic N) is 1. The molecule has 1 rings (SSSR count). The Kier molecular flexibility index (Phi) is 10.7. The summed E-state index contributed by atoms with van der Waals surface area (Å²) in [5.41, 5.74) is 0.775. The molecular weight excluding hydrogens is 404 g/mol. The second kappa shape index (κ2) is 12.7. The summed E-state index contributed by atoms with van der Waals surface area (Å²) >= 11 is 0. The number of ether oxygens (including phenoxy) is 1. The van der Waals surface area contributed by atoms with Gasteiger partial charge in [0.05, 0.1) is 18.1 Å². The maximum absolute atomic E-state index is 12.2. The lowest BCUT2D eigenvalue weighted by Crippen LogP contribution is -2.46. The van der Waals surface area contributed by atoms with Crippen LogP contribution in [0.3, 0.4) is 0 Å². The molecule has 0 aliphatic carbocycles. The van der Waals surface area contributed by atoms with Gasteiger partial charge in [-0.3, -0.25) is 9.63 Å². The Bertz CT molecular complexity index is 754. The lowest BCUT2D eigenvalue weighted by atomic mass is 10.2. The van der Waals surface area contributed by atoms with E-state index in [-0.39, 0.29) is 26.2 Å². The van der Waals surface area contributed by atoms with Gasteiger partial charge < -0.3 is 15.2 Å². The number of aliphatic carboxylic acids is 1. The van der Waals surface area contributed by atoms with Crippen molar-refractivity contribution in [2.75, 3.05) is 24.7 Å². The molecule has 11 heteroatoms. The Morgan fingerprint density at radius 3 is 2.55 bits per heavy atom. The number of nitrogens with one attached hydrogen (secondary N) is 1. The molecule has 1 aromatic carbocycles. The highest BCUT2D eigenvalue weighted by atomic mass is 32.2. The molecule has 2 amide bonds. The lowest BCUT2D eigenvalue weighted by Gasteiger charge is -2.23. The highest BCUT2D eigenvalue weighted by Crippen LogP contribution is 2.06. The van der Waals surface area contributed by atoms with Gasteiger partial charge in [0.15, 0.2) is 15.9 Å². The zero-order chi connectivity index (χ0) is 21.7. The SMILES string of the molecule is CCCCON(C=O)C(CS(=O)(=O)CCNC(=O)OCc1ccccc1)C(=O)O. The topological polar surface area (TPSA) is 139 Å². The van der Waals surface area contributed by atoms with Crippen LogP contribution in [-0.4, -0.2) is 67.8 Å². The Morgan fingerprint density at radius 2 is 1.97 bits per heavy atom. The summed E-state index contributed by atoms with van der Waals surface area (Å²) in [6, 6.07) is 7.25. The van der Waals surface area contributed by atoms with E-state index in [0.29, 0.717) is 11.5 Å². The normalized spacial score (nSPS) is 12.0. The van der Waals surface area contributed by atoms with E-state index in [1.807, 2.05) is 13.0 Å². The number of hydrogen-bond acceptors (Lipinski definition) is 7. The molecule has 0 aliphatic rings. The van der Waals surface area contributed by atoms with Gasteiger partial charge in [0, 0.05) is 6.54 Å². The molecule has 1 aromatic rings. The standard InChI is InChI=1S/C18H26N2O8S/c1-2-3-10-28-20(14-21)16(17(22)23)13-29(25,26)11-9-19-18(24)27-12-15-7-5-4-6-8-15/h4-8,14,16H,2-3,9-13H2,1H3,(H,19,24)(H,22,23). The number of benzene rings is 1. The van der Waals surface area contributed by atoms with Crippen LogP contribution < -0.4 is 5.32 Å². The summed E-state index contributed by atoms with van der Waals surface area (Å²) in [6.07, 6.45) is 0.687. The summed E-state index contributed by atoms with van der Waals surface area (Å²) in [6.45, 7) is 1.74. The first-order valence-corrected chi connectivity index (χ1v) is 10.9. The third-order valence-corrected chi connectivity index (χ3v) is 5.39. The van der Waals surface area contributed by atoms with Gasteiger partial charge in [-0.2, -0.15) is 0 Å². The van der Waals surface area contributed by atoms with Crippen LogP contribution in [0.4, 0.5) is 4.79 Å². The molecule has 0 bridgehead atoms. The average molecular weight is 430 g/mol. The van der Waals surface area contributed by atoms with Crippen molar-refractivity contribution in [3.8, 4) is 0 Å². The predicted octanol–water partition coefficient (Wildman–Crippen LogP) is 0.971. The van der Waals surface area contributed by atoms with E-state index >= 15 is 0 Å². The van der Waals surface area contributed by atoms with Crippen LogP contribution in [0.1, 0.15) is 25.3 Å². The minimum atomic E-state index is -3.91. The molecule has 0 heterocycles. The third kappa shape index (κ3) is 9.90. The Morgan fingerprint density at radius 1 is 1.28 bits per heavy atom. The molecule has 1 unspecified atom stereocenters. The van der Waals surface area contributed by atoms with E-state index in [1.54, 1.807) is 24.3 Å². The fourth-order valence-corrected chi connectivity index (χ4v) is 3.52. The molecule has 0 saturated carbocycles. The van der Waals surface area contributed by atoms with Gasteiger partial charge in [0.25, 0.3) is 0 Å². The minimum absolute atomic E-state index is 0.0317. The van der Waals surface area contributed by atoms with E-state index < -0.39 is 39.4 Å². The van der Waals surface area contributed by atoms with Crippen LogP contribution >= 0.6 is 0 Å². The monoisotopic (exact) mass is 430 g/mol. The fraction of sp³-hybridized carbons (Fsp3) is 0.500. The first-order chi connectivity index (χ1) is 13.8. The number of amides is 2. The van der Waals surface area contributed by atoms with E-state index in [2.05, 4.69) is 5.32 Å². The highest BCUT2D eigenvalue weighted by Gasteiger charge is 2.31. The number of carbonyl (C=O) groups is 3. The number of rotatable bonds is 14. The van der Waals surface area contributed by atoms with Crippen molar-refractivity contribution in [3.63, 3.8) is 0 Å². The first kappa shape index (κ1) is 24.4. The lowest BCUT2D eigenvalue weighted by molar-refractivity contribution is -0.193. The van der Waals surface area contributed by atoms with Crippen LogP contribution in [0.15, 0.2) is 30.3 Å². The summed E-state index contributed by atoms with van der Waals surface area (Å²) < 4.78 is 29.4. The number of carboxylic acid groups (broad SMARTS) is 1. The van der Waals surface area contributed by atoms with Crippen LogP contribution in [-0.2, 0) is 35.6 Å². The van der Waals surface area contributed by atoms with Crippen molar-refractivity contribution in [2.24, 2.45) is 0 Å². The van der Waals surface area contributed by atoms with E-state index in [1.165, 1.54) is 0 Å². The number of unbranched alkanes of at least 4 members (excludes halogenated alkanes) is 1. The molecule has 2 N–H and O–H groups in total. The van der Waals surface area contributed by atoms with Crippen LogP contribution in [0.25, 0.3) is 0 Å². The van der Waals surface area contributed by atoms with E-state index in [4.69, 9.17) is 9.57 Å². The Balaban J connectivity index is 2.49. The smallest absolute Gasteiger partial charge is 0.407 e. The summed E-state index contributed by atoms with van der Waals surface area (Å²) in [5, 5.41) is 12.0. The number of carbonyl (C=O) groups excluding carboxylic acids is 2. The van der Waals surface area contributed by atoms with Crippen LogP contribution in [0.2, 0.25) is 0 Å². The van der Waals surface area contributed by atoms with Crippen molar-refractivity contribution in [3.05, 3.63) is 35.9 Å². The average Bonchev–Trinajstić information content (AvgIpc) is 2.69. The summed E-state index contributed by atoms with van der Waals surface area (Å²) in [5.74, 6) is -2.86. The molecule has 29 heavy (non-hydrogen) atoms. The van der Waals surface area contributed by atoms with Crippen molar-refractivity contribution in [1.29, 1.82) is 0 Å². The highest BCUT2D eigenvalue weighted by molar-refractivity contribution is 7.91. The molecule has 0 aromatic heterocycles. The molecule has 0 spiro atoms. The molecule has 0 aliphatic heterocycles. The quantitative estimate of drug-likeness (QED) is 0.253. The van der Waals surface area contributed by atoms with Gasteiger partial charge in [-0.05, 0) is 12.0 Å². The zero-order valence-electron chi connectivity index (χ0n) is 16.2. The number of hydrogen-bond donors (Lipinski definition) is 2. The fourth-order valence-electron chi connectivity index (χ4n) is 2.17. The van der Waals surface area contributed by atoms with Gasteiger partial charge in [0.2, 0.25) is 6.41 Å². The molecule has 10 nitrogen and oxygen atoms in total. The zero-order valence-corrected chi connectivity index (χ0v) is 17.0. The number of sulfone groups is 1. The van der Waals surface area contributed by atoms with Crippen molar-refractivity contribution in [1.82, 2.24) is 10.4 Å². The molecule has 0 saturated heterocycles. The Labute approximate surface area is 169 Å². The van der Waals surface area contributed by atoms with Gasteiger partial charge in [-0.1, -0.05) is 43.7 Å². The second-order valence-corrected chi connectivity index (χ2v) is 8.34. The summed E-state index contributed by atoms with van der Waals surface area (Å²) in [4.78, 5) is 39.2. The van der Waals surface area contributed by atoms with Gasteiger partial charge in [-0.25, -0.2) is 23.1 Å². The van der Waals surface area contributed by atoms with Crippen molar-refractivity contribution >= 4 is 28.3 Å². The second-order valence-electron chi connectivity index (χ2n) is 6.11. The van der Waals surface area contributed by atoms with E-state index in [0.717, 1.165) is 12.0 Å². The van der Waals surface area contributed by atoms with Crippen molar-refractivity contribution in [2.45, 2.75) is 32.4 Å². The first-order valence-electron chi connectivity index (χ1n) is 9.03. The third-order valence-electron chi connectivity index (χ3n) is 3.74. The molecule has 1 atom stereocenters. The van der Waals surface area contributed by atoms with Crippen LogP contribution in [0.5, 0.6) is 0 Å². The predicted molar refractivity (Wildman–Crippen MR) is 103 cm³/mol. The molecule has 0 radical (unpaired) electrons. The molecular formula is C18H26N2O8S. The van der Waals surface area contributed by atoms with E-state index in [9.17, 15) is 27.9 Å². The summed E-state index contributed by atoms with van der Waals surface area (Å²) in [7, 11) is -3.91. The maximum atomic E-state index is 12.2. The Hall–Kier alpha value is -2.66. The molecule has 0 fully saturated rings. The van der Waals surface area contributed by atoms with Crippen molar-refractivity contribution < 1.29 is 37.5 Å². The largest absolute Gasteiger partial charge is 0.480 e. The van der Waals surface area contributed by atoms with Gasteiger partial charge >= 0.3 is 12.1 Å². The number of hydroxylamine groups is 2. The van der Waals surface area contributed by atoms with Crippen LogP contribution in [0, 0.1) is 0 Å². The van der Waals surface area contributed by atoms with Gasteiger partial charge in [-0.15, -0.1) is 0 Å². The number of carboxylic acids is 1. The molecule has 162 valence electrons. The number of alkyl carbamates (subject to hydrolysis) is 1. The minimum Gasteiger partial charge on any atom is -0.480 e. The van der Waals surface area contributed by atoms with Gasteiger partial charge in [0.1, 0.15) is 6.61 Å².